The molecule has 15 heavy (non-hydrogen) atoms. The van der Waals surface area contributed by atoms with E-state index in [-0.39, 0.29) is 6.61 Å². The van der Waals surface area contributed by atoms with Gasteiger partial charge in [0.05, 0.1) is 13.2 Å². The molecule has 0 aromatic carbocycles. The summed E-state index contributed by atoms with van der Waals surface area (Å²) in [5.41, 5.74) is 0. The molecule has 0 radical (unpaired) electrons. The molecule has 4 N–H and O–H groups in total. The second kappa shape index (κ2) is 6.00. The molecule has 0 bridgehead atoms. The zero-order chi connectivity index (χ0) is 11.4. The second-order valence-corrected chi connectivity index (χ2v) is 3.74. The fourth-order valence-electron chi connectivity index (χ4n) is 1.37. The van der Waals surface area contributed by atoms with Gasteiger partial charge >= 0.3 is 0 Å². The molecule has 0 aliphatic carbocycles. The molecule has 5 atom stereocenters. The Hall–Kier alpha value is 0.110. The average Bonchev–Trinajstić information content (AvgIpc) is 2.25. The Morgan fingerprint density at radius 2 is 1.80 bits per heavy atom. The predicted octanol–water partition coefficient (Wildman–Crippen LogP) is -2.27. The Bertz CT molecular complexity index is 190. The normalized spacial score (nSPS) is 41.8. The summed E-state index contributed by atoms with van der Waals surface area (Å²) < 4.78 is 10.1. The fourth-order valence-corrected chi connectivity index (χ4v) is 1.48. The van der Waals surface area contributed by atoms with Crippen LogP contribution in [0.4, 0.5) is 0 Å². The summed E-state index contributed by atoms with van der Waals surface area (Å²) in [4.78, 5) is 0. The monoisotopic (exact) mass is 240 g/mol. The molecule has 1 aliphatic rings. The second-order valence-electron chi connectivity index (χ2n) is 3.29. The summed E-state index contributed by atoms with van der Waals surface area (Å²) in [5.74, 6) is 0.440. The smallest absolute Gasteiger partial charge is 0.186 e. The summed E-state index contributed by atoms with van der Waals surface area (Å²) >= 11 is 3.91. The van der Waals surface area contributed by atoms with Crippen LogP contribution in [-0.4, -0.2) is 70.1 Å². The van der Waals surface area contributed by atoms with E-state index in [4.69, 9.17) is 14.6 Å². The Kier molecular flexibility index (Phi) is 5.27. The zero-order valence-electron chi connectivity index (χ0n) is 8.06. The van der Waals surface area contributed by atoms with Gasteiger partial charge in [-0.25, -0.2) is 0 Å². The van der Waals surface area contributed by atoms with Gasteiger partial charge in [0, 0.05) is 5.75 Å². The van der Waals surface area contributed by atoms with Crippen molar-refractivity contribution in [2.45, 2.75) is 30.7 Å². The van der Waals surface area contributed by atoms with Crippen LogP contribution in [0.2, 0.25) is 0 Å². The summed E-state index contributed by atoms with van der Waals surface area (Å²) in [7, 11) is 0. The van der Waals surface area contributed by atoms with E-state index < -0.39 is 37.3 Å². The highest BCUT2D eigenvalue weighted by molar-refractivity contribution is 7.80. The van der Waals surface area contributed by atoms with Gasteiger partial charge in [-0.15, -0.1) is 0 Å². The molecule has 0 spiro atoms. The van der Waals surface area contributed by atoms with Crippen molar-refractivity contribution in [3.8, 4) is 0 Å². The van der Waals surface area contributed by atoms with Crippen molar-refractivity contribution in [1.82, 2.24) is 0 Å². The van der Waals surface area contributed by atoms with Gasteiger partial charge in [0.25, 0.3) is 0 Å². The lowest BCUT2D eigenvalue weighted by atomic mass is 9.99. The highest BCUT2D eigenvalue weighted by atomic mass is 32.1. The Labute approximate surface area is 92.8 Å². The van der Waals surface area contributed by atoms with Gasteiger partial charge in [-0.05, 0) is 0 Å². The number of thiol groups is 1. The molecular formula is C8H16O6S. The third-order valence-electron chi connectivity index (χ3n) is 2.22. The summed E-state index contributed by atoms with van der Waals surface area (Å²) in [6.45, 7) is -0.211. The molecular weight excluding hydrogens is 224 g/mol. The number of rotatable bonds is 4. The largest absolute Gasteiger partial charge is 0.394 e. The van der Waals surface area contributed by atoms with E-state index in [1.165, 1.54) is 0 Å². The summed E-state index contributed by atoms with van der Waals surface area (Å²) in [6.07, 6.45) is -6.04. The highest BCUT2D eigenvalue weighted by Crippen LogP contribution is 2.21. The lowest BCUT2D eigenvalue weighted by Crippen LogP contribution is -2.59. The van der Waals surface area contributed by atoms with Crippen LogP contribution in [0.3, 0.4) is 0 Å². The van der Waals surface area contributed by atoms with Crippen molar-refractivity contribution in [2.75, 3.05) is 19.0 Å². The van der Waals surface area contributed by atoms with Gasteiger partial charge in [0.1, 0.15) is 24.4 Å². The lowest BCUT2D eigenvalue weighted by molar-refractivity contribution is -0.299. The fraction of sp³-hybridized carbons (Fsp3) is 1.00. The van der Waals surface area contributed by atoms with Crippen LogP contribution in [0.5, 0.6) is 0 Å². The molecule has 1 rings (SSSR count). The molecule has 1 heterocycles. The molecule has 1 unspecified atom stereocenters. The first-order chi connectivity index (χ1) is 7.11. The van der Waals surface area contributed by atoms with Gasteiger partial charge in [0.15, 0.2) is 6.29 Å². The first-order valence-corrected chi connectivity index (χ1v) is 5.28. The number of hydrogen-bond donors (Lipinski definition) is 5. The maximum Gasteiger partial charge on any atom is 0.186 e. The van der Waals surface area contributed by atoms with Crippen LogP contribution in [0.1, 0.15) is 0 Å². The zero-order valence-corrected chi connectivity index (χ0v) is 8.96. The Morgan fingerprint density at radius 3 is 2.33 bits per heavy atom. The summed E-state index contributed by atoms with van der Waals surface area (Å²) in [6, 6.07) is 0. The molecule has 0 aromatic rings. The maximum atomic E-state index is 9.48. The van der Waals surface area contributed by atoms with Gasteiger partial charge in [-0.2, -0.15) is 12.6 Å². The van der Waals surface area contributed by atoms with Gasteiger partial charge < -0.3 is 29.9 Å². The lowest BCUT2D eigenvalue weighted by Gasteiger charge is -2.39. The molecule has 1 saturated heterocycles. The van der Waals surface area contributed by atoms with Crippen LogP contribution >= 0.6 is 12.6 Å². The van der Waals surface area contributed by atoms with Crippen LogP contribution in [0.15, 0.2) is 0 Å². The maximum absolute atomic E-state index is 9.48. The number of aliphatic hydroxyl groups excluding tert-OH is 4. The average molecular weight is 240 g/mol. The van der Waals surface area contributed by atoms with Gasteiger partial charge in [-0.1, -0.05) is 0 Å². The number of hydrogen-bond acceptors (Lipinski definition) is 7. The Balaban J connectivity index is 2.57. The molecule has 6 nitrogen and oxygen atoms in total. The molecule has 1 fully saturated rings. The van der Waals surface area contributed by atoms with E-state index >= 15 is 0 Å². The van der Waals surface area contributed by atoms with Crippen LogP contribution < -0.4 is 0 Å². The molecule has 1 aliphatic heterocycles. The minimum atomic E-state index is -1.39. The van der Waals surface area contributed by atoms with Crippen molar-refractivity contribution in [3.63, 3.8) is 0 Å². The first kappa shape index (κ1) is 13.2. The van der Waals surface area contributed by atoms with E-state index in [0.717, 1.165) is 0 Å². The number of aliphatic hydroxyl groups is 4. The molecule has 0 aromatic heterocycles. The van der Waals surface area contributed by atoms with E-state index in [1.54, 1.807) is 0 Å². The third kappa shape index (κ3) is 3.04. The van der Waals surface area contributed by atoms with Crippen molar-refractivity contribution in [1.29, 1.82) is 0 Å². The van der Waals surface area contributed by atoms with Crippen molar-refractivity contribution < 1.29 is 29.9 Å². The standard InChI is InChI=1S/C8H16O6S/c9-3-4-5(10)6(11)7(12)8(14-4)13-1-2-15/h4-12,15H,1-3H2/t4-,5-,6+,7+,8?/m1/s1. The third-order valence-corrected chi connectivity index (χ3v) is 2.40. The first-order valence-electron chi connectivity index (χ1n) is 4.64. The van der Waals surface area contributed by atoms with Crippen molar-refractivity contribution >= 4 is 12.6 Å². The predicted molar refractivity (Wildman–Crippen MR) is 53.6 cm³/mol. The van der Waals surface area contributed by atoms with Gasteiger partial charge in [-0.3, -0.25) is 0 Å². The minimum Gasteiger partial charge on any atom is -0.394 e. The molecule has 0 amide bonds. The highest BCUT2D eigenvalue weighted by Gasteiger charge is 2.43. The van der Waals surface area contributed by atoms with Crippen molar-refractivity contribution in [3.05, 3.63) is 0 Å². The Morgan fingerprint density at radius 1 is 1.13 bits per heavy atom. The van der Waals surface area contributed by atoms with E-state index in [2.05, 4.69) is 12.6 Å². The SMILES string of the molecule is OC[C@H]1OC(OCCS)[C@@H](O)[C@@H](O)[C@@H]1O. The van der Waals surface area contributed by atoms with E-state index in [0.29, 0.717) is 5.75 Å². The molecule has 7 heteroatoms. The topological polar surface area (TPSA) is 99.4 Å². The summed E-state index contributed by atoms with van der Waals surface area (Å²) in [5, 5.41) is 37.2. The van der Waals surface area contributed by atoms with Gasteiger partial charge in [0.2, 0.25) is 0 Å². The molecule has 0 saturated carbocycles. The quantitative estimate of drug-likeness (QED) is 0.355. The van der Waals surface area contributed by atoms with Crippen molar-refractivity contribution in [2.24, 2.45) is 0 Å². The van der Waals surface area contributed by atoms with Crippen LogP contribution in [0.25, 0.3) is 0 Å². The van der Waals surface area contributed by atoms with Crippen LogP contribution in [0, 0.1) is 0 Å². The van der Waals surface area contributed by atoms with Crippen LogP contribution in [-0.2, 0) is 9.47 Å². The number of ether oxygens (including phenoxy) is 2. The van der Waals surface area contributed by atoms with E-state index in [9.17, 15) is 15.3 Å². The van der Waals surface area contributed by atoms with E-state index in [1.807, 2.05) is 0 Å². The molecule has 90 valence electrons. The minimum absolute atomic E-state index is 0.242.